The largest absolute Gasteiger partial charge is 0.300 e. The van der Waals surface area contributed by atoms with Gasteiger partial charge in [-0.2, -0.15) is 0 Å². The number of aryl methyl sites for hydroxylation is 2. The van der Waals surface area contributed by atoms with Gasteiger partial charge in [-0.15, -0.1) is 10.2 Å². The zero-order chi connectivity index (χ0) is 24.7. The number of aromatic nitrogens is 3. The number of fused-ring (bicyclic) bond motifs is 3. The molecule has 1 aliphatic heterocycles. The molecule has 0 N–H and O–H groups in total. The van der Waals surface area contributed by atoms with Crippen molar-refractivity contribution in [3.8, 4) is 5.69 Å². The van der Waals surface area contributed by atoms with Gasteiger partial charge in [-0.25, -0.2) is 0 Å². The van der Waals surface area contributed by atoms with Crippen molar-refractivity contribution in [1.29, 1.82) is 0 Å². The summed E-state index contributed by atoms with van der Waals surface area (Å²) in [6.45, 7) is 19.7. The van der Waals surface area contributed by atoms with E-state index in [2.05, 4.69) is 58.1 Å². The molecule has 0 unspecified atom stereocenters. The normalized spacial score (nSPS) is 10.4. The van der Waals surface area contributed by atoms with E-state index in [1.54, 1.807) is 0 Å². The van der Waals surface area contributed by atoms with E-state index in [0.717, 1.165) is 34.2 Å². The Hall–Kier alpha value is -3.08. The molecule has 0 fully saturated rings. The minimum absolute atomic E-state index is 0.167. The van der Waals surface area contributed by atoms with Gasteiger partial charge in [0.05, 0.1) is 11.4 Å². The van der Waals surface area contributed by atoms with Crippen LogP contribution in [0, 0.1) is 13.8 Å². The lowest BCUT2D eigenvalue weighted by Gasteiger charge is -2.12. The van der Waals surface area contributed by atoms with E-state index in [9.17, 15) is 4.79 Å². The van der Waals surface area contributed by atoms with Gasteiger partial charge in [0.15, 0.2) is 5.82 Å². The van der Waals surface area contributed by atoms with Crippen molar-refractivity contribution in [2.75, 3.05) is 0 Å². The highest BCUT2D eigenvalue weighted by molar-refractivity contribution is 6.15. The molecular formula is C27H40N4O. The van der Waals surface area contributed by atoms with Gasteiger partial charge in [-0.05, 0) is 33.8 Å². The van der Waals surface area contributed by atoms with Crippen LogP contribution in [-0.4, -0.2) is 26.3 Å². The second-order valence-electron chi connectivity index (χ2n) is 6.46. The van der Waals surface area contributed by atoms with E-state index in [-0.39, 0.29) is 5.78 Å². The Morgan fingerprint density at radius 1 is 0.812 bits per heavy atom. The number of para-hydroxylation sites is 1. The summed E-state index contributed by atoms with van der Waals surface area (Å²) in [5.41, 5.74) is 5.61. The summed E-state index contributed by atoms with van der Waals surface area (Å²) in [7, 11) is 0. The van der Waals surface area contributed by atoms with Crippen molar-refractivity contribution in [1.82, 2.24) is 14.8 Å². The third kappa shape index (κ3) is 7.88. The van der Waals surface area contributed by atoms with E-state index < -0.39 is 0 Å². The summed E-state index contributed by atoms with van der Waals surface area (Å²) < 4.78 is 2.10. The highest BCUT2D eigenvalue weighted by atomic mass is 16.1. The molecule has 32 heavy (non-hydrogen) atoms. The van der Waals surface area contributed by atoms with Crippen LogP contribution >= 0.6 is 0 Å². The number of Topliss-reactive ketones (excluding diaryl/α,β-unsaturated/α-hetero) is 1. The maximum atomic E-state index is 9.44. The Morgan fingerprint density at radius 2 is 1.34 bits per heavy atom. The topological polar surface area (TPSA) is 60.1 Å². The first-order valence-corrected chi connectivity index (χ1v) is 11.6. The smallest absolute Gasteiger partial charge is 0.159 e. The van der Waals surface area contributed by atoms with E-state index >= 15 is 0 Å². The SMILES string of the molecule is CC.CC.CC.CC(C)=O.Cc1ccc(C2=NCc3nnc(C)n3-c3ccccc32)cc1. The van der Waals surface area contributed by atoms with Crippen LogP contribution in [0.4, 0.5) is 0 Å². The average Bonchev–Trinajstić information content (AvgIpc) is 3.10. The molecule has 0 amide bonds. The summed E-state index contributed by atoms with van der Waals surface area (Å²) >= 11 is 0. The lowest BCUT2D eigenvalue weighted by molar-refractivity contribution is -0.114. The third-order valence-corrected chi connectivity index (χ3v) is 4.00. The van der Waals surface area contributed by atoms with Crippen LogP contribution in [-0.2, 0) is 11.3 Å². The Balaban J connectivity index is 0.000000839. The van der Waals surface area contributed by atoms with Crippen LogP contribution in [0.25, 0.3) is 5.69 Å². The fraction of sp³-hybridized carbons (Fsp3) is 0.407. The molecule has 0 saturated carbocycles. The van der Waals surface area contributed by atoms with Crippen molar-refractivity contribution in [3.05, 3.63) is 76.9 Å². The predicted octanol–water partition coefficient (Wildman–Crippen LogP) is 6.91. The second-order valence-corrected chi connectivity index (χ2v) is 6.46. The van der Waals surface area contributed by atoms with Crippen molar-refractivity contribution >= 4 is 11.5 Å². The number of nitrogens with zero attached hydrogens (tertiary/aromatic N) is 4. The molecule has 0 aliphatic carbocycles. The lowest BCUT2D eigenvalue weighted by atomic mass is 9.99. The summed E-state index contributed by atoms with van der Waals surface area (Å²) in [5.74, 6) is 1.94. The number of rotatable bonds is 1. The molecule has 4 rings (SSSR count). The molecule has 1 aliphatic rings. The van der Waals surface area contributed by atoms with Gasteiger partial charge in [0, 0.05) is 11.1 Å². The fourth-order valence-corrected chi connectivity index (χ4v) is 2.88. The highest BCUT2D eigenvalue weighted by Gasteiger charge is 2.20. The van der Waals surface area contributed by atoms with Crippen LogP contribution in [0.2, 0.25) is 0 Å². The van der Waals surface area contributed by atoms with E-state index in [0.29, 0.717) is 6.54 Å². The van der Waals surface area contributed by atoms with Crippen LogP contribution in [0.1, 0.15) is 83.7 Å². The van der Waals surface area contributed by atoms with E-state index in [1.165, 1.54) is 19.4 Å². The number of hydrogen-bond donors (Lipinski definition) is 0. The molecular weight excluding hydrogens is 396 g/mol. The van der Waals surface area contributed by atoms with Gasteiger partial charge >= 0.3 is 0 Å². The Morgan fingerprint density at radius 3 is 1.91 bits per heavy atom. The van der Waals surface area contributed by atoms with Gasteiger partial charge < -0.3 is 4.79 Å². The zero-order valence-corrected chi connectivity index (χ0v) is 21.5. The maximum absolute atomic E-state index is 9.44. The second kappa shape index (κ2) is 15.7. The monoisotopic (exact) mass is 436 g/mol. The molecule has 2 aromatic carbocycles. The van der Waals surface area contributed by atoms with E-state index in [1.807, 2.05) is 60.6 Å². The Bertz CT molecular complexity index is 966. The predicted molar refractivity (Wildman–Crippen MR) is 137 cm³/mol. The molecule has 3 aromatic rings. The minimum Gasteiger partial charge on any atom is -0.300 e. The van der Waals surface area contributed by atoms with Crippen molar-refractivity contribution < 1.29 is 4.79 Å². The lowest BCUT2D eigenvalue weighted by Crippen LogP contribution is -2.08. The molecule has 0 spiro atoms. The fourth-order valence-electron chi connectivity index (χ4n) is 2.88. The number of carbonyl (C=O) groups is 1. The Labute approximate surface area is 194 Å². The maximum Gasteiger partial charge on any atom is 0.159 e. The van der Waals surface area contributed by atoms with Crippen molar-refractivity contribution in [2.24, 2.45) is 4.99 Å². The standard InChI is InChI=1S/C18H16N4.C3H6O.3C2H6/c1-12-7-9-14(10-8-12)18-15-5-3-4-6-16(15)22-13(2)20-21-17(22)11-19-18;1-3(2)4;3*1-2/h3-10H,11H2,1-2H3;1-2H3;3*1-2H3. The average molecular weight is 437 g/mol. The van der Waals surface area contributed by atoms with Crippen molar-refractivity contribution in [2.45, 2.75) is 75.8 Å². The summed E-state index contributed by atoms with van der Waals surface area (Å²) in [5, 5.41) is 8.46. The number of ketones is 1. The quantitative estimate of drug-likeness (QED) is 0.416. The highest BCUT2D eigenvalue weighted by Crippen LogP contribution is 2.25. The van der Waals surface area contributed by atoms with E-state index in [4.69, 9.17) is 4.99 Å². The third-order valence-electron chi connectivity index (χ3n) is 4.00. The first-order valence-electron chi connectivity index (χ1n) is 11.6. The molecule has 5 nitrogen and oxygen atoms in total. The van der Waals surface area contributed by atoms with Crippen LogP contribution in [0.5, 0.6) is 0 Å². The van der Waals surface area contributed by atoms with Gasteiger partial charge in [0.25, 0.3) is 0 Å². The number of carbonyl (C=O) groups excluding carboxylic acids is 1. The molecule has 5 heteroatoms. The van der Waals surface area contributed by atoms with Crippen LogP contribution < -0.4 is 0 Å². The van der Waals surface area contributed by atoms with Gasteiger partial charge in [0.1, 0.15) is 18.2 Å². The number of benzene rings is 2. The molecule has 1 aromatic heterocycles. The van der Waals surface area contributed by atoms with Crippen molar-refractivity contribution in [3.63, 3.8) is 0 Å². The molecule has 0 saturated heterocycles. The molecule has 174 valence electrons. The first kappa shape index (κ1) is 28.9. The molecule has 0 radical (unpaired) electrons. The molecule has 0 atom stereocenters. The summed E-state index contributed by atoms with van der Waals surface area (Å²) in [4.78, 5) is 14.3. The zero-order valence-electron chi connectivity index (χ0n) is 21.5. The number of aliphatic imine (C=N–C) groups is 1. The molecule has 2 heterocycles. The number of hydrogen-bond acceptors (Lipinski definition) is 4. The summed E-state index contributed by atoms with van der Waals surface area (Å²) in [6, 6.07) is 16.8. The Kier molecular flexibility index (Phi) is 14.2. The van der Waals surface area contributed by atoms with Gasteiger partial charge in [-0.3, -0.25) is 9.56 Å². The van der Waals surface area contributed by atoms with Crippen LogP contribution in [0.15, 0.2) is 53.5 Å². The van der Waals surface area contributed by atoms with Gasteiger partial charge in [0.2, 0.25) is 0 Å². The molecule has 0 bridgehead atoms. The van der Waals surface area contributed by atoms with Gasteiger partial charge in [-0.1, -0.05) is 89.6 Å². The summed E-state index contributed by atoms with van der Waals surface area (Å²) in [6.07, 6.45) is 0. The van der Waals surface area contributed by atoms with Crippen LogP contribution in [0.3, 0.4) is 0 Å². The first-order chi connectivity index (χ1) is 15.5. The minimum atomic E-state index is 0.167.